The molecule has 3 rings (SSSR count). The molecule has 0 aliphatic heterocycles. The van der Waals surface area contributed by atoms with E-state index in [0.29, 0.717) is 19.7 Å². The molecule has 0 aromatic heterocycles. The SMILES string of the molecule is O=C(O)CCNCC1=C(Cl)c2ccc(OCCCCc3ccccc3)cc2CC1. The fourth-order valence-electron chi connectivity index (χ4n) is 3.53. The van der Waals surface area contributed by atoms with Gasteiger partial charge in [0.25, 0.3) is 0 Å². The Morgan fingerprint density at radius 2 is 1.93 bits per heavy atom. The Morgan fingerprint density at radius 3 is 2.72 bits per heavy atom. The standard InChI is InChI=1S/C24H28ClNO3/c25-24-20(17-26-14-13-23(27)28)10-9-19-16-21(11-12-22(19)24)29-15-5-4-8-18-6-2-1-3-7-18/h1-3,6-7,11-12,16,26H,4-5,8-10,13-15,17H2,(H,27,28). The molecule has 4 nitrogen and oxygen atoms in total. The first kappa shape index (κ1) is 21.4. The Bertz CT molecular complexity index is 848. The van der Waals surface area contributed by atoms with Gasteiger partial charge in [-0.15, -0.1) is 0 Å². The van der Waals surface area contributed by atoms with E-state index in [2.05, 4.69) is 35.6 Å². The summed E-state index contributed by atoms with van der Waals surface area (Å²) in [6.07, 6.45) is 5.14. The van der Waals surface area contributed by atoms with E-state index >= 15 is 0 Å². The van der Waals surface area contributed by atoms with Gasteiger partial charge in [-0.2, -0.15) is 0 Å². The molecule has 0 amide bonds. The number of carboxylic acids is 1. The maximum absolute atomic E-state index is 10.6. The van der Waals surface area contributed by atoms with Crippen LogP contribution in [0.5, 0.6) is 5.75 Å². The number of unbranched alkanes of at least 4 members (excludes halogenated alkanes) is 1. The van der Waals surface area contributed by atoms with E-state index in [4.69, 9.17) is 21.4 Å². The number of rotatable bonds is 11. The number of aliphatic carboxylic acids is 1. The quantitative estimate of drug-likeness (QED) is 0.506. The van der Waals surface area contributed by atoms with Crippen molar-refractivity contribution in [2.24, 2.45) is 0 Å². The molecule has 29 heavy (non-hydrogen) atoms. The summed E-state index contributed by atoms with van der Waals surface area (Å²) >= 11 is 6.59. The molecule has 0 radical (unpaired) electrons. The summed E-state index contributed by atoms with van der Waals surface area (Å²) in [6.45, 7) is 1.80. The minimum Gasteiger partial charge on any atom is -0.494 e. The Kier molecular flexibility index (Phi) is 8.14. The number of aryl methyl sites for hydroxylation is 2. The first-order chi connectivity index (χ1) is 14.1. The van der Waals surface area contributed by atoms with E-state index in [-0.39, 0.29) is 6.42 Å². The summed E-state index contributed by atoms with van der Waals surface area (Å²) < 4.78 is 5.95. The molecule has 0 saturated heterocycles. The van der Waals surface area contributed by atoms with Crippen LogP contribution in [0.2, 0.25) is 0 Å². The van der Waals surface area contributed by atoms with Gasteiger partial charge in [0.1, 0.15) is 5.75 Å². The second-order valence-electron chi connectivity index (χ2n) is 7.35. The fraction of sp³-hybridized carbons (Fsp3) is 0.375. The summed E-state index contributed by atoms with van der Waals surface area (Å²) in [5.74, 6) is 0.107. The molecular weight excluding hydrogens is 386 g/mol. The normalized spacial score (nSPS) is 13.3. The number of benzene rings is 2. The van der Waals surface area contributed by atoms with Crippen molar-refractivity contribution in [2.45, 2.75) is 38.5 Å². The first-order valence-corrected chi connectivity index (χ1v) is 10.6. The van der Waals surface area contributed by atoms with E-state index in [9.17, 15) is 4.79 Å². The molecule has 1 aliphatic carbocycles. The van der Waals surface area contributed by atoms with Crippen LogP contribution >= 0.6 is 11.6 Å². The van der Waals surface area contributed by atoms with Crippen molar-refractivity contribution in [2.75, 3.05) is 19.7 Å². The second kappa shape index (κ2) is 11.0. The van der Waals surface area contributed by atoms with E-state index < -0.39 is 5.97 Å². The van der Waals surface area contributed by atoms with Crippen LogP contribution < -0.4 is 10.1 Å². The summed E-state index contributed by atoms with van der Waals surface area (Å²) in [6, 6.07) is 16.7. The second-order valence-corrected chi connectivity index (χ2v) is 7.73. The van der Waals surface area contributed by atoms with E-state index in [1.165, 1.54) is 11.1 Å². The Balaban J connectivity index is 1.46. The zero-order valence-electron chi connectivity index (χ0n) is 16.6. The predicted molar refractivity (Wildman–Crippen MR) is 118 cm³/mol. The van der Waals surface area contributed by atoms with Gasteiger partial charge in [-0.05, 0) is 72.6 Å². The molecule has 2 aromatic rings. The molecule has 0 spiro atoms. The highest BCUT2D eigenvalue weighted by Crippen LogP contribution is 2.35. The Morgan fingerprint density at radius 1 is 1.10 bits per heavy atom. The zero-order chi connectivity index (χ0) is 20.5. The summed E-state index contributed by atoms with van der Waals surface area (Å²) in [5, 5.41) is 12.7. The van der Waals surface area contributed by atoms with E-state index in [0.717, 1.165) is 54.0 Å². The smallest absolute Gasteiger partial charge is 0.304 e. The molecule has 2 N–H and O–H groups in total. The van der Waals surface area contributed by atoms with Crippen LogP contribution in [0.3, 0.4) is 0 Å². The van der Waals surface area contributed by atoms with Gasteiger partial charge >= 0.3 is 5.97 Å². The third kappa shape index (κ3) is 6.62. The minimum atomic E-state index is -0.792. The monoisotopic (exact) mass is 413 g/mol. The molecule has 0 heterocycles. The number of ether oxygens (including phenoxy) is 1. The van der Waals surface area contributed by atoms with E-state index in [1.807, 2.05) is 18.2 Å². The van der Waals surface area contributed by atoms with Gasteiger partial charge in [0.2, 0.25) is 0 Å². The molecular formula is C24H28ClNO3. The summed E-state index contributed by atoms with van der Waals surface area (Å²) in [7, 11) is 0. The number of carboxylic acid groups (broad SMARTS) is 1. The van der Waals surface area contributed by atoms with Crippen LogP contribution in [0, 0.1) is 0 Å². The Hall–Kier alpha value is -2.30. The lowest BCUT2D eigenvalue weighted by Crippen LogP contribution is -2.22. The van der Waals surface area contributed by atoms with Crippen molar-refractivity contribution in [3.63, 3.8) is 0 Å². The molecule has 0 atom stereocenters. The average molecular weight is 414 g/mol. The topological polar surface area (TPSA) is 58.6 Å². The highest BCUT2D eigenvalue weighted by Gasteiger charge is 2.18. The number of hydrogen-bond donors (Lipinski definition) is 2. The van der Waals surface area contributed by atoms with Gasteiger partial charge in [-0.3, -0.25) is 4.79 Å². The third-order valence-corrected chi connectivity index (χ3v) is 5.62. The third-order valence-electron chi connectivity index (χ3n) is 5.15. The predicted octanol–water partition coefficient (Wildman–Crippen LogP) is 5.05. The number of fused-ring (bicyclic) bond motifs is 1. The van der Waals surface area contributed by atoms with Crippen LogP contribution in [0.4, 0.5) is 0 Å². The van der Waals surface area contributed by atoms with Gasteiger partial charge in [0, 0.05) is 18.1 Å². The Labute approximate surface area is 177 Å². The van der Waals surface area contributed by atoms with Crippen molar-refractivity contribution >= 4 is 22.6 Å². The lowest BCUT2D eigenvalue weighted by atomic mass is 9.91. The average Bonchev–Trinajstić information content (AvgIpc) is 2.73. The van der Waals surface area contributed by atoms with Gasteiger partial charge in [0.15, 0.2) is 0 Å². The van der Waals surface area contributed by atoms with Crippen LogP contribution in [0.15, 0.2) is 54.1 Å². The molecule has 0 bridgehead atoms. The molecule has 0 fully saturated rings. The maximum Gasteiger partial charge on any atom is 0.304 e. The van der Waals surface area contributed by atoms with Gasteiger partial charge in [-0.1, -0.05) is 41.9 Å². The van der Waals surface area contributed by atoms with Crippen LogP contribution in [-0.2, 0) is 17.6 Å². The zero-order valence-corrected chi connectivity index (χ0v) is 17.4. The van der Waals surface area contributed by atoms with E-state index in [1.54, 1.807) is 0 Å². The molecule has 0 saturated carbocycles. The minimum absolute atomic E-state index is 0.119. The molecule has 154 valence electrons. The number of hydrogen-bond acceptors (Lipinski definition) is 3. The van der Waals surface area contributed by atoms with Crippen molar-refractivity contribution in [1.82, 2.24) is 5.32 Å². The largest absolute Gasteiger partial charge is 0.494 e. The molecule has 1 aliphatic rings. The number of halogens is 1. The molecule has 5 heteroatoms. The lowest BCUT2D eigenvalue weighted by molar-refractivity contribution is -0.136. The number of carbonyl (C=O) groups is 1. The van der Waals surface area contributed by atoms with Gasteiger partial charge < -0.3 is 15.2 Å². The summed E-state index contributed by atoms with van der Waals surface area (Å²) in [5.41, 5.74) is 4.78. The van der Waals surface area contributed by atoms with Gasteiger partial charge in [0.05, 0.1) is 13.0 Å². The van der Waals surface area contributed by atoms with Crippen molar-refractivity contribution < 1.29 is 14.6 Å². The van der Waals surface area contributed by atoms with Crippen LogP contribution in [-0.4, -0.2) is 30.8 Å². The van der Waals surface area contributed by atoms with Crippen LogP contribution in [0.1, 0.15) is 42.4 Å². The first-order valence-electron chi connectivity index (χ1n) is 10.2. The summed E-state index contributed by atoms with van der Waals surface area (Å²) in [4.78, 5) is 10.6. The molecule has 0 unspecified atom stereocenters. The maximum atomic E-state index is 10.6. The van der Waals surface area contributed by atoms with Crippen LogP contribution in [0.25, 0.3) is 5.03 Å². The molecule has 2 aromatic carbocycles. The van der Waals surface area contributed by atoms with Gasteiger partial charge in [-0.25, -0.2) is 0 Å². The number of nitrogens with one attached hydrogen (secondary N) is 1. The lowest BCUT2D eigenvalue weighted by Gasteiger charge is -2.21. The highest BCUT2D eigenvalue weighted by molar-refractivity contribution is 6.49. The van der Waals surface area contributed by atoms with Crippen molar-refractivity contribution in [3.05, 3.63) is 70.8 Å². The van der Waals surface area contributed by atoms with Crippen molar-refractivity contribution in [3.8, 4) is 5.75 Å². The fourth-order valence-corrected chi connectivity index (χ4v) is 3.88. The van der Waals surface area contributed by atoms with Crippen molar-refractivity contribution in [1.29, 1.82) is 0 Å². The highest BCUT2D eigenvalue weighted by atomic mass is 35.5.